The van der Waals surface area contributed by atoms with E-state index in [9.17, 15) is 9.59 Å². The summed E-state index contributed by atoms with van der Waals surface area (Å²) >= 11 is 0. The molecule has 2 amide bonds. The molecule has 0 radical (unpaired) electrons. The number of carbonyl (C=O) groups excluding carboxylic acids is 2. The number of nitrogens with zero attached hydrogens (tertiary/aromatic N) is 1. The van der Waals surface area contributed by atoms with Crippen LogP contribution < -0.4 is 10.2 Å². The third-order valence-corrected chi connectivity index (χ3v) is 4.13. The molecule has 0 aromatic heterocycles. The zero-order valence-electron chi connectivity index (χ0n) is 13.5. The Hall–Kier alpha value is -1.88. The number of hydrogen-bond acceptors (Lipinski definition) is 3. The van der Waals surface area contributed by atoms with Crippen molar-refractivity contribution in [3.05, 3.63) is 29.3 Å². The summed E-state index contributed by atoms with van der Waals surface area (Å²) < 4.78 is 0. The Morgan fingerprint density at radius 1 is 1.36 bits per heavy atom. The molecule has 1 aliphatic heterocycles. The number of aliphatic hydroxyl groups excluding tert-OH is 1. The molecule has 22 heavy (non-hydrogen) atoms. The molecular formula is C17H24N2O3. The minimum Gasteiger partial charge on any atom is -0.396 e. The van der Waals surface area contributed by atoms with Crippen LogP contribution in [0.25, 0.3) is 0 Å². The Balaban J connectivity index is 2.05. The lowest BCUT2D eigenvalue weighted by atomic mass is 9.89. The van der Waals surface area contributed by atoms with Gasteiger partial charge in [-0.3, -0.25) is 9.59 Å². The average molecular weight is 304 g/mol. The Labute approximate surface area is 131 Å². The predicted octanol–water partition coefficient (Wildman–Crippen LogP) is 1.73. The molecule has 1 aromatic carbocycles. The van der Waals surface area contributed by atoms with Crippen LogP contribution in [0, 0.1) is 5.41 Å². The van der Waals surface area contributed by atoms with Crippen molar-refractivity contribution in [2.24, 2.45) is 5.41 Å². The quantitative estimate of drug-likeness (QED) is 0.870. The molecule has 120 valence electrons. The highest BCUT2D eigenvalue weighted by Gasteiger charge is 2.24. The number of amides is 2. The molecule has 0 saturated carbocycles. The Bertz CT molecular complexity index is 581. The van der Waals surface area contributed by atoms with E-state index in [-0.39, 0.29) is 23.8 Å². The van der Waals surface area contributed by atoms with Crippen LogP contribution >= 0.6 is 0 Å². The van der Waals surface area contributed by atoms with Crippen molar-refractivity contribution in [1.82, 2.24) is 5.32 Å². The fourth-order valence-electron chi connectivity index (χ4n) is 2.68. The Morgan fingerprint density at radius 2 is 2.09 bits per heavy atom. The standard InChI is InChI=1S/C17H24N2O3/c1-12(21)19-8-6-13-10-14(4-5-15(13)19)16(22)18-11-17(2,3)7-9-20/h4-5,10,20H,6-9,11H2,1-3H3,(H,18,22). The van der Waals surface area contributed by atoms with Gasteiger partial charge in [-0.25, -0.2) is 0 Å². The van der Waals surface area contributed by atoms with E-state index in [0.717, 1.165) is 17.7 Å². The number of fused-ring (bicyclic) bond motifs is 1. The number of hydrogen-bond donors (Lipinski definition) is 2. The molecule has 0 unspecified atom stereocenters. The SMILES string of the molecule is CC(=O)N1CCc2cc(C(=O)NCC(C)(C)CCO)ccc21. The monoisotopic (exact) mass is 304 g/mol. The van der Waals surface area contributed by atoms with E-state index in [1.165, 1.54) is 0 Å². The first-order valence-electron chi connectivity index (χ1n) is 7.64. The molecule has 0 aliphatic carbocycles. The minimum atomic E-state index is -0.132. The maximum absolute atomic E-state index is 12.3. The second-order valence-corrected chi connectivity index (χ2v) is 6.58. The van der Waals surface area contributed by atoms with Gasteiger partial charge in [-0.1, -0.05) is 13.8 Å². The minimum absolute atomic E-state index is 0.0294. The zero-order chi connectivity index (χ0) is 16.3. The lowest BCUT2D eigenvalue weighted by molar-refractivity contribution is -0.116. The summed E-state index contributed by atoms with van der Waals surface area (Å²) in [4.78, 5) is 25.5. The number of anilines is 1. The molecule has 5 heteroatoms. The second-order valence-electron chi connectivity index (χ2n) is 6.58. The summed E-state index contributed by atoms with van der Waals surface area (Å²) in [6.45, 7) is 6.89. The van der Waals surface area contributed by atoms with E-state index in [2.05, 4.69) is 5.32 Å². The molecule has 0 atom stereocenters. The fourth-order valence-corrected chi connectivity index (χ4v) is 2.68. The first kappa shape index (κ1) is 16.5. The van der Waals surface area contributed by atoms with Crippen LogP contribution in [0.4, 0.5) is 5.69 Å². The third-order valence-electron chi connectivity index (χ3n) is 4.13. The topological polar surface area (TPSA) is 69.6 Å². The summed E-state index contributed by atoms with van der Waals surface area (Å²) in [5.74, 6) is -0.0863. The van der Waals surface area contributed by atoms with E-state index in [1.807, 2.05) is 26.0 Å². The Kier molecular flexibility index (Phi) is 4.86. The number of benzene rings is 1. The third kappa shape index (κ3) is 3.65. The maximum atomic E-state index is 12.3. The molecule has 1 aromatic rings. The normalized spacial score (nSPS) is 13.9. The highest BCUT2D eigenvalue weighted by atomic mass is 16.3. The van der Waals surface area contributed by atoms with Gasteiger partial charge in [-0.15, -0.1) is 0 Å². The zero-order valence-corrected chi connectivity index (χ0v) is 13.5. The molecule has 0 bridgehead atoms. The molecular weight excluding hydrogens is 280 g/mol. The van der Waals surface area contributed by atoms with Crippen molar-refractivity contribution in [1.29, 1.82) is 0 Å². The van der Waals surface area contributed by atoms with E-state index in [1.54, 1.807) is 17.9 Å². The Morgan fingerprint density at radius 3 is 2.73 bits per heavy atom. The van der Waals surface area contributed by atoms with Crippen molar-refractivity contribution in [2.75, 3.05) is 24.6 Å². The van der Waals surface area contributed by atoms with Gasteiger partial charge in [0.05, 0.1) is 0 Å². The van der Waals surface area contributed by atoms with E-state index in [0.29, 0.717) is 25.1 Å². The van der Waals surface area contributed by atoms with Gasteiger partial charge < -0.3 is 15.3 Å². The molecule has 2 rings (SSSR count). The molecule has 0 saturated heterocycles. The lowest BCUT2D eigenvalue weighted by Crippen LogP contribution is -2.34. The average Bonchev–Trinajstić information content (AvgIpc) is 2.87. The van der Waals surface area contributed by atoms with Gasteiger partial charge in [-0.05, 0) is 42.0 Å². The maximum Gasteiger partial charge on any atom is 0.251 e. The summed E-state index contributed by atoms with van der Waals surface area (Å²) in [7, 11) is 0. The van der Waals surface area contributed by atoms with Crippen molar-refractivity contribution in [3.63, 3.8) is 0 Å². The molecule has 2 N–H and O–H groups in total. The van der Waals surface area contributed by atoms with Crippen LogP contribution in [-0.4, -0.2) is 36.6 Å². The first-order valence-corrected chi connectivity index (χ1v) is 7.64. The van der Waals surface area contributed by atoms with Gasteiger partial charge in [0.15, 0.2) is 0 Å². The highest BCUT2D eigenvalue weighted by molar-refractivity contribution is 5.97. The van der Waals surface area contributed by atoms with Gasteiger partial charge in [-0.2, -0.15) is 0 Å². The molecule has 5 nitrogen and oxygen atoms in total. The van der Waals surface area contributed by atoms with Crippen LogP contribution in [0.15, 0.2) is 18.2 Å². The first-order chi connectivity index (χ1) is 10.3. The molecule has 0 spiro atoms. The highest BCUT2D eigenvalue weighted by Crippen LogP contribution is 2.29. The van der Waals surface area contributed by atoms with Gasteiger partial charge in [0.1, 0.15) is 0 Å². The smallest absolute Gasteiger partial charge is 0.251 e. The van der Waals surface area contributed by atoms with Crippen LogP contribution in [0.3, 0.4) is 0 Å². The summed E-state index contributed by atoms with van der Waals surface area (Å²) in [6.07, 6.45) is 1.43. The van der Waals surface area contributed by atoms with Crippen LogP contribution in [0.2, 0.25) is 0 Å². The predicted molar refractivity (Wildman–Crippen MR) is 86.0 cm³/mol. The van der Waals surface area contributed by atoms with Crippen molar-refractivity contribution >= 4 is 17.5 Å². The second kappa shape index (κ2) is 6.48. The van der Waals surface area contributed by atoms with Crippen molar-refractivity contribution in [2.45, 2.75) is 33.6 Å². The fraction of sp³-hybridized carbons (Fsp3) is 0.529. The van der Waals surface area contributed by atoms with Gasteiger partial charge in [0.25, 0.3) is 5.91 Å². The summed E-state index contributed by atoms with van der Waals surface area (Å²) in [5.41, 5.74) is 2.43. The van der Waals surface area contributed by atoms with Crippen LogP contribution in [0.1, 0.15) is 43.1 Å². The van der Waals surface area contributed by atoms with E-state index in [4.69, 9.17) is 5.11 Å². The number of carbonyl (C=O) groups is 2. The number of rotatable bonds is 5. The van der Waals surface area contributed by atoms with Crippen LogP contribution in [-0.2, 0) is 11.2 Å². The molecule has 1 aliphatic rings. The van der Waals surface area contributed by atoms with Crippen molar-refractivity contribution < 1.29 is 14.7 Å². The largest absolute Gasteiger partial charge is 0.396 e. The van der Waals surface area contributed by atoms with Gasteiger partial charge in [0.2, 0.25) is 5.91 Å². The molecule has 1 heterocycles. The van der Waals surface area contributed by atoms with Crippen molar-refractivity contribution in [3.8, 4) is 0 Å². The number of aliphatic hydroxyl groups is 1. The van der Waals surface area contributed by atoms with Gasteiger partial charge >= 0.3 is 0 Å². The van der Waals surface area contributed by atoms with E-state index < -0.39 is 0 Å². The lowest BCUT2D eigenvalue weighted by Gasteiger charge is -2.23. The summed E-state index contributed by atoms with van der Waals surface area (Å²) in [5, 5.41) is 11.9. The van der Waals surface area contributed by atoms with E-state index >= 15 is 0 Å². The molecule has 0 fully saturated rings. The van der Waals surface area contributed by atoms with Gasteiger partial charge in [0, 0.05) is 37.9 Å². The number of nitrogens with one attached hydrogen (secondary N) is 1. The van der Waals surface area contributed by atoms with Crippen LogP contribution in [0.5, 0.6) is 0 Å². The summed E-state index contributed by atoms with van der Waals surface area (Å²) in [6, 6.07) is 5.47.